The van der Waals surface area contributed by atoms with Crippen LogP contribution in [0.15, 0.2) is 29.2 Å². The number of carboxylic acid groups (broad SMARTS) is 1. The Morgan fingerprint density at radius 2 is 1.81 bits per heavy atom. The monoisotopic (exact) mass is 314 g/mol. The number of nitrogens with one attached hydrogen (secondary N) is 1. The molecule has 0 aromatic heterocycles. The summed E-state index contributed by atoms with van der Waals surface area (Å²) in [6.45, 7) is 6.20. The second-order valence-corrected chi connectivity index (χ2v) is 7.69. The molecule has 118 valence electrons. The number of carbonyl (C=O) groups is 1. The maximum absolute atomic E-state index is 12.5. The number of benzene rings is 1. The molecule has 0 radical (unpaired) electrons. The van der Waals surface area contributed by atoms with Crippen LogP contribution < -0.4 is 10.5 Å². The lowest BCUT2D eigenvalue weighted by Crippen LogP contribution is -2.66. The van der Waals surface area contributed by atoms with Crippen LogP contribution in [0, 0.1) is 12.3 Å². The summed E-state index contributed by atoms with van der Waals surface area (Å²) in [6, 6.07) is 6.38. The van der Waals surface area contributed by atoms with Crippen LogP contribution in [0.2, 0.25) is 0 Å². The first-order valence-corrected chi connectivity index (χ1v) is 7.99. The van der Waals surface area contributed by atoms with E-state index in [1.807, 2.05) is 0 Å². The summed E-state index contributed by atoms with van der Waals surface area (Å²) in [5.41, 5.74) is 3.46. The van der Waals surface area contributed by atoms with E-state index in [9.17, 15) is 18.3 Å². The normalized spacial score (nSPS) is 15.5. The van der Waals surface area contributed by atoms with E-state index in [0.717, 1.165) is 0 Å². The average molecular weight is 314 g/mol. The minimum Gasteiger partial charge on any atom is -0.480 e. The summed E-state index contributed by atoms with van der Waals surface area (Å²) in [4.78, 5) is 11.7. The number of nitrogens with two attached hydrogens (primary N) is 1. The molecule has 0 fully saturated rings. The van der Waals surface area contributed by atoms with Crippen molar-refractivity contribution in [1.29, 1.82) is 0 Å². The molecule has 7 heteroatoms. The lowest BCUT2D eigenvalue weighted by Gasteiger charge is -2.40. The maximum atomic E-state index is 12.5. The molecule has 0 spiro atoms. The SMILES string of the molecule is Cc1ccccc1S(=O)(=O)N[C@](CN)(C(=O)O)C(C)(C)C. The van der Waals surface area contributed by atoms with Crippen molar-refractivity contribution in [3.63, 3.8) is 0 Å². The van der Waals surface area contributed by atoms with Gasteiger partial charge in [0.15, 0.2) is 0 Å². The standard InChI is InChI=1S/C14H22N2O4S/c1-10-7-5-6-8-11(10)21(19,20)16-14(9-15,12(17)18)13(2,3)4/h5-8,16H,9,15H2,1-4H3,(H,17,18)/t14-/m1/s1. The minimum absolute atomic E-state index is 0.0494. The molecule has 6 nitrogen and oxygen atoms in total. The van der Waals surface area contributed by atoms with Gasteiger partial charge in [-0.1, -0.05) is 39.0 Å². The van der Waals surface area contributed by atoms with Crippen molar-refractivity contribution >= 4 is 16.0 Å². The Balaban J connectivity index is 3.40. The molecule has 0 saturated carbocycles. The van der Waals surface area contributed by atoms with Crippen molar-refractivity contribution in [1.82, 2.24) is 4.72 Å². The van der Waals surface area contributed by atoms with Crippen molar-refractivity contribution in [3.8, 4) is 0 Å². The third-order valence-corrected chi connectivity index (χ3v) is 5.30. The third kappa shape index (κ3) is 3.25. The summed E-state index contributed by atoms with van der Waals surface area (Å²) in [5, 5.41) is 9.53. The van der Waals surface area contributed by atoms with Gasteiger partial charge in [0.1, 0.15) is 5.54 Å². The number of carboxylic acids is 1. The molecule has 0 unspecified atom stereocenters. The smallest absolute Gasteiger partial charge is 0.326 e. The third-order valence-electron chi connectivity index (χ3n) is 3.64. The molecule has 1 atom stereocenters. The highest BCUT2D eigenvalue weighted by Gasteiger charge is 2.50. The molecular weight excluding hydrogens is 292 g/mol. The first-order chi connectivity index (χ1) is 9.48. The van der Waals surface area contributed by atoms with E-state index in [0.29, 0.717) is 5.56 Å². The minimum atomic E-state index is -4.00. The van der Waals surface area contributed by atoms with Crippen molar-refractivity contribution in [2.75, 3.05) is 6.54 Å². The lowest BCUT2D eigenvalue weighted by atomic mass is 9.74. The number of hydrogen-bond acceptors (Lipinski definition) is 4. The number of aliphatic carboxylic acids is 1. The van der Waals surface area contributed by atoms with Crippen LogP contribution in [0.25, 0.3) is 0 Å². The van der Waals surface area contributed by atoms with Crippen LogP contribution in [0.3, 0.4) is 0 Å². The van der Waals surface area contributed by atoms with Crippen LogP contribution in [-0.4, -0.2) is 31.6 Å². The molecule has 0 aliphatic carbocycles. The van der Waals surface area contributed by atoms with Gasteiger partial charge in [0.2, 0.25) is 10.0 Å². The fourth-order valence-electron chi connectivity index (χ4n) is 2.10. The van der Waals surface area contributed by atoms with E-state index in [4.69, 9.17) is 5.73 Å². The molecule has 0 aliphatic rings. The largest absolute Gasteiger partial charge is 0.480 e. The van der Waals surface area contributed by atoms with Crippen molar-refractivity contribution < 1.29 is 18.3 Å². The Bertz CT molecular complexity index is 635. The Hall–Kier alpha value is -1.44. The summed E-state index contributed by atoms with van der Waals surface area (Å²) in [5.74, 6) is -1.30. The fraction of sp³-hybridized carbons (Fsp3) is 0.500. The topological polar surface area (TPSA) is 109 Å². The van der Waals surface area contributed by atoms with Crippen LogP contribution >= 0.6 is 0 Å². The second-order valence-electron chi connectivity index (χ2n) is 6.04. The molecule has 21 heavy (non-hydrogen) atoms. The van der Waals surface area contributed by atoms with Crippen LogP contribution in [0.5, 0.6) is 0 Å². The number of aryl methyl sites for hydroxylation is 1. The van der Waals surface area contributed by atoms with Gasteiger partial charge in [-0.05, 0) is 24.0 Å². The lowest BCUT2D eigenvalue weighted by molar-refractivity contribution is -0.148. The molecule has 1 aromatic carbocycles. The van der Waals surface area contributed by atoms with Gasteiger partial charge >= 0.3 is 5.97 Å². The number of hydrogen-bond donors (Lipinski definition) is 3. The van der Waals surface area contributed by atoms with Gasteiger partial charge in [0, 0.05) is 6.54 Å². The number of sulfonamides is 1. The first kappa shape index (κ1) is 17.6. The van der Waals surface area contributed by atoms with Crippen molar-refractivity contribution in [2.24, 2.45) is 11.1 Å². The highest BCUT2D eigenvalue weighted by atomic mass is 32.2. The quantitative estimate of drug-likeness (QED) is 0.754. The Morgan fingerprint density at radius 3 is 2.19 bits per heavy atom. The Morgan fingerprint density at radius 1 is 1.29 bits per heavy atom. The fourth-order valence-corrected chi connectivity index (χ4v) is 3.89. The predicted molar refractivity (Wildman–Crippen MR) is 80.4 cm³/mol. The Kier molecular flexibility index (Phi) is 4.82. The molecule has 0 aliphatic heterocycles. The van der Waals surface area contributed by atoms with Gasteiger partial charge < -0.3 is 10.8 Å². The summed E-state index contributed by atoms with van der Waals surface area (Å²) in [6.07, 6.45) is 0. The summed E-state index contributed by atoms with van der Waals surface area (Å²) in [7, 11) is -4.00. The highest BCUT2D eigenvalue weighted by Crippen LogP contribution is 2.32. The Labute approximate surface area is 125 Å². The van der Waals surface area contributed by atoms with Gasteiger partial charge in [0.25, 0.3) is 0 Å². The summed E-state index contributed by atoms with van der Waals surface area (Å²) >= 11 is 0. The zero-order valence-electron chi connectivity index (χ0n) is 12.7. The molecule has 0 heterocycles. The molecule has 1 aromatic rings. The van der Waals surface area contributed by atoms with E-state index in [1.165, 1.54) is 6.07 Å². The van der Waals surface area contributed by atoms with Crippen molar-refractivity contribution in [3.05, 3.63) is 29.8 Å². The van der Waals surface area contributed by atoms with E-state index in [2.05, 4.69) is 4.72 Å². The molecule has 4 N–H and O–H groups in total. The number of rotatable bonds is 5. The first-order valence-electron chi connectivity index (χ1n) is 6.51. The highest BCUT2D eigenvalue weighted by molar-refractivity contribution is 7.89. The zero-order valence-corrected chi connectivity index (χ0v) is 13.5. The average Bonchev–Trinajstić information content (AvgIpc) is 2.34. The van der Waals surface area contributed by atoms with E-state index in [1.54, 1.807) is 45.9 Å². The second kappa shape index (κ2) is 5.75. The van der Waals surface area contributed by atoms with Gasteiger partial charge in [-0.3, -0.25) is 4.79 Å². The van der Waals surface area contributed by atoms with Gasteiger partial charge in [-0.15, -0.1) is 0 Å². The summed E-state index contributed by atoms with van der Waals surface area (Å²) < 4.78 is 27.4. The zero-order chi connectivity index (χ0) is 16.5. The molecule has 0 saturated heterocycles. The molecular formula is C14H22N2O4S. The van der Waals surface area contributed by atoms with Crippen LogP contribution in [0.1, 0.15) is 26.3 Å². The van der Waals surface area contributed by atoms with Crippen LogP contribution in [0.4, 0.5) is 0 Å². The maximum Gasteiger partial charge on any atom is 0.326 e. The molecule has 0 amide bonds. The van der Waals surface area contributed by atoms with Crippen LogP contribution in [-0.2, 0) is 14.8 Å². The van der Waals surface area contributed by atoms with E-state index in [-0.39, 0.29) is 11.4 Å². The van der Waals surface area contributed by atoms with Gasteiger partial charge in [-0.25, -0.2) is 8.42 Å². The van der Waals surface area contributed by atoms with E-state index >= 15 is 0 Å². The van der Waals surface area contributed by atoms with Crippen molar-refractivity contribution in [2.45, 2.75) is 38.1 Å². The van der Waals surface area contributed by atoms with Gasteiger partial charge in [0.05, 0.1) is 4.90 Å². The molecule has 0 bridgehead atoms. The molecule has 1 rings (SSSR count). The van der Waals surface area contributed by atoms with E-state index < -0.39 is 26.9 Å². The van der Waals surface area contributed by atoms with Gasteiger partial charge in [-0.2, -0.15) is 4.72 Å². The predicted octanol–water partition coefficient (Wildman–Crippen LogP) is 1.10.